The van der Waals surface area contributed by atoms with Crippen molar-refractivity contribution in [3.8, 4) is 5.69 Å². The smallest absolute Gasteiger partial charge is 0.435 e. The molecule has 1 heterocycles. The first-order chi connectivity index (χ1) is 15.7. The number of aromatic nitrogens is 2. The van der Waals surface area contributed by atoms with Crippen molar-refractivity contribution < 1.29 is 32.3 Å². The van der Waals surface area contributed by atoms with Crippen LogP contribution in [0, 0.1) is 0 Å². The Hall–Kier alpha value is -4.15. The number of ether oxygens (including phenoxy) is 1. The third kappa shape index (κ3) is 6.42. The molecule has 0 radical (unpaired) electrons. The van der Waals surface area contributed by atoms with E-state index in [9.17, 15) is 27.6 Å². The second-order valence-corrected chi connectivity index (χ2v) is 6.87. The summed E-state index contributed by atoms with van der Waals surface area (Å²) in [6, 6.07) is 13.3. The first-order valence-electron chi connectivity index (χ1n) is 9.63. The molecule has 0 saturated carbocycles. The van der Waals surface area contributed by atoms with Crippen molar-refractivity contribution in [3.63, 3.8) is 0 Å². The van der Waals surface area contributed by atoms with Gasteiger partial charge in [-0.1, -0.05) is 12.1 Å². The number of rotatable bonds is 7. The molecule has 1 aromatic heterocycles. The fourth-order valence-corrected chi connectivity index (χ4v) is 2.78. The van der Waals surface area contributed by atoms with Crippen LogP contribution in [0.1, 0.15) is 21.6 Å². The van der Waals surface area contributed by atoms with Crippen LogP contribution in [0.5, 0.6) is 0 Å². The summed E-state index contributed by atoms with van der Waals surface area (Å²) in [5.41, 5.74) is 0.834. The number of methoxy groups -OCH3 is 1. The molecule has 0 spiro atoms. The maximum absolute atomic E-state index is 12.7. The van der Waals surface area contributed by atoms with Gasteiger partial charge in [-0.25, -0.2) is 4.68 Å². The summed E-state index contributed by atoms with van der Waals surface area (Å²) in [7, 11) is 1.22. The van der Waals surface area contributed by atoms with Crippen molar-refractivity contribution in [2.75, 3.05) is 19.0 Å². The lowest BCUT2D eigenvalue weighted by molar-refractivity contribution is -0.141. The number of carbonyl (C=O) groups is 3. The molecule has 0 aliphatic rings. The summed E-state index contributed by atoms with van der Waals surface area (Å²) in [5, 5.41) is 8.61. The Morgan fingerprint density at radius 3 is 2.24 bits per heavy atom. The Balaban J connectivity index is 1.57. The number of anilines is 1. The predicted molar refractivity (Wildman–Crippen MR) is 112 cm³/mol. The van der Waals surface area contributed by atoms with Crippen LogP contribution < -0.4 is 10.6 Å². The molecule has 0 fully saturated rings. The van der Waals surface area contributed by atoms with E-state index in [0.717, 1.165) is 10.7 Å². The molecule has 0 atom stereocenters. The Morgan fingerprint density at radius 2 is 1.67 bits per heavy atom. The summed E-state index contributed by atoms with van der Waals surface area (Å²) in [5.74, 6) is -1.32. The monoisotopic (exact) mass is 460 g/mol. The van der Waals surface area contributed by atoms with E-state index < -0.39 is 23.7 Å². The summed E-state index contributed by atoms with van der Waals surface area (Å²) in [6.45, 7) is -0.216. The number of nitrogens with one attached hydrogen (secondary N) is 2. The molecule has 0 saturated heterocycles. The van der Waals surface area contributed by atoms with Crippen LogP contribution in [0.4, 0.5) is 18.9 Å². The standard InChI is InChI=1S/C22H19F3N4O4/c1-33-20(31)13-26-19(30)12-14-2-6-16(7-3-14)27-21(32)15-4-8-17(9-5-15)29-11-10-18(28-29)22(23,24)25/h2-11H,12-13H2,1H3,(H,26,30)(H,27,32). The Bertz CT molecular complexity index is 1140. The Kier molecular flexibility index (Phi) is 7.11. The number of amides is 2. The molecule has 2 amide bonds. The van der Waals surface area contributed by atoms with Crippen molar-refractivity contribution in [3.05, 3.63) is 77.6 Å². The van der Waals surface area contributed by atoms with E-state index in [-0.39, 0.29) is 18.9 Å². The third-order valence-corrected chi connectivity index (χ3v) is 4.51. The zero-order chi connectivity index (χ0) is 24.0. The average Bonchev–Trinajstić information content (AvgIpc) is 3.30. The fourth-order valence-electron chi connectivity index (χ4n) is 2.78. The van der Waals surface area contributed by atoms with Gasteiger partial charge in [0.05, 0.1) is 19.2 Å². The Labute approximate surface area is 186 Å². The molecular weight excluding hydrogens is 441 g/mol. The van der Waals surface area contributed by atoms with Crippen molar-refractivity contribution in [1.29, 1.82) is 0 Å². The maximum Gasteiger partial charge on any atom is 0.435 e. The van der Waals surface area contributed by atoms with E-state index in [2.05, 4.69) is 20.5 Å². The minimum Gasteiger partial charge on any atom is -0.468 e. The van der Waals surface area contributed by atoms with E-state index >= 15 is 0 Å². The highest BCUT2D eigenvalue weighted by Crippen LogP contribution is 2.27. The quantitative estimate of drug-likeness (QED) is 0.528. The first-order valence-corrected chi connectivity index (χ1v) is 9.63. The lowest BCUT2D eigenvalue weighted by Crippen LogP contribution is -2.31. The lowest BCUT2D eigenvalue weighted by atomic mass is 10.1. The fraction of sp³-hybridized carbons (Fsp3) is 0.182. The summed E-state index contributed by atoms with van der Waals surface area (Å²) in [6.07, 6.45) is -3.29. The molecule has 172 valence electrons. The van der Waals surface area contributed by atoms with Gasteiger partial charge in [-0.15, -0.1) is 0 Å². The zero-order valence-corrected chi connectivity index (χ0v) is 17.3. The molecule has 0 bridgehead atoms. The van der Waals surface area contributed by atoms with Crippen molar-refractivity contribution in [1.82, 2.24) is 15.1 Å². The normalized spacial score (nSPS) is 11.0. The van der Waals surface area contributed by atoms with Gasteiger partial charge in [0.1, 0.15) is 6.54 Å². The summed E-state index contributed by atoms with van der Waals surface area (Å²) < 4.78 is 43.6. The van der Waals surface area contributed by atoms with Gasteiger partial charge in [0.2, 0.25) is 5.91 Å². The molecule has 8 nitrogen and oxygen atoms in total. The molecule has 0 aliphatic heterocycles. The van der Waals surface area contributed by atoms with Crippen LogP contribution in [-0.4, -0.2) is 41.2 Å². The molecule has 3 rings (SSSR count). The number of hydrogen-bond acceptors (Lipinski definition) is 5. The van der Waals surface area contributed by atoms with Crippen LogP contribution in [0.2, 0.25) is 0 Å². The predicted octanol–water partition coefficient (Wildman–Crippen LogP) is 2.98. The van der Waals surface area contributed by atoms with Crippen molar-refractivity contribution in [2.24, 2.45) is 0 Å². The van der Waals surface area contributed by atoms with Gasteiger partial charge < -0.3 is 15.4 Å². The minimum atomic E-state index is -4.53. The first kappa shape index (κ1) is 23.5. The number of benzene rings is 2. The number of halogens is 3. The molecule has 2 N–H and O–H groups in total. The van der Waals surface area contributed by atoms with Crippen molar-refractivity contribution >= 4 is 23.5 Å². The van der Waals surface area contributed by atoms with Gasteiger partial charge in [0.15, 0.2) is 5.69 Å². The van der Waals surface area contributed by atoms with Gasteiger partial charge in [-0.3, -0.25) is 14.4 Å². The number of alkyl halides is 3. The second kappa shape index (κ2) is 9.98. The van der Waals surface area contributed by atoms with Gasteiger partial charge in [0.25, 0.3) is 5.91 Å². The lowest BCUT2D eigenvalue weighted by Gasteiger charge is -2.08. The van der Waals surface area contributed by atoms with E-state index in [1.165, 1.54) is 37.6 Å². The molecule has 0 unspecified atom stereocenters. The van der Waals surface area contributed by atoms with Crippen LogP contribution in [0.3, 0.4) is 0 Å². The number of esters is 1. The van der Waals surface area contributed by atoms with Crippen LogP contribution in [0.25, 0.3) is 5.69 Å². The molecule has 3 aromatic rings. The summed E-state index contributed by atoms with van der Waals surface area (Å²) >= 11 is 0. The molecule has 2 aromatic carbocycles. The number of nitrogens with zero attached hydrogens (tertiary/aromatic N) is 2. The molecule has 11 heteroatoms. The van der Waals surface area contributed by atoms with Gasteiger partial charge in [-0.05, 0) is 48.0 Å². The van der Waals surface area contributed by atoms with Crippen LogP contribution in [0.15, 0.2) is 60.8 Å². The Morgan fingerprint density at radius 1 is 1.00 bits per heavy atom. The number of carbonyl (C=O) groups excluding carboxylic acids is 3. The third-order valence-electron chi connectivity index (χ3n) is 4.51. The summed E-state index contributed by atoms with van der Waals surface area (Å²) in [4.78, 5) is 35.3. The van der Waals surface area contributed by atoms with Gasteiger partial charge >= 0.3 is 12.1 Å². The molecular formula is C22H19F3N4O4. The molecule has 0 aliphatic carbocycles. The average molecular weight is 460 g/mol. The highest BCUT2D eigenvalue weighted by atomic mass is 19.4. The van der Waals surface area contributed by atoms with Gasteiger partial charge in [0, 0.05) is 17.4 Å². The SMILES string of the molecule is COC(=O)CNC(=O)Cc1ccc(NC(=O)c2ccc(-n3ccc(C(F)(F)F)n3)cc2)cc1. The van der Waals surface area contributed by atoms with E-state index in [0.29, 0.717) is 22.5 Å². The topological polar surface area (TPSA) is 102 Å². The minimum absolute atomic E-state index is 0.0518. The van der Waals surface area contributed by atoms with E-state index in [1.54, 1.807) is 24.3 Å². The van der Waals surface area contributed by atoms with Crippen molar-refractivity contribution in [2.45, 2.75) is 12.6 Å². The van der Waals surface area contributed by atoms with E-state index in [4.69, 9.17) is 0 Å². The van der Waals surface area contributed by atoms with Crippen LogP contribution >= 0.6 is 0 Å². The highest BCUT2D eigenvalue weighted by molar-refractivity contribution is 6.04. The van der Waals surface area contributed by atoms with Gasteiger partial charge in [-0.2, -0.15) is 18.3 Å². The largest absolute Gasteiger partial charge is 0.468 e. The second-order valence-electron chi connectivity index (χ2n) is 6.87. The zero-order valence-electron chi connectivity index (χ0n) is 17.3. The maximum atomic E-state index is 12.7. The molecule has 33 heavy (non-hydrogen) atoms. The van der Waals surface area contributed by atoms with Crippen LogP contribution in [-0.2, 0) is 26.9 Å². The van der Waals surface area contributed by atoms with E-state index in [1.807, 2.05) is 0 Å². The highest BCUT2D eigenvalue weighted by Gasteiger charge is 2.33. The number of hydrogen-bond donors (Lipinski definition) is 2.